The van der Waals surface area contributed by atoms with Gasteiger partial charge in [-0.3, -0.25) is 0 Å². The van der Waals surface area contributed by atoms with E-state index >= 15 is 0 Å². The molecule has 122 valence electrons. The second-order valence-corrected chi connectivity index (χ2v) is 6.04. The van der Waals surface area contributed by atoms with Gasteiger partial charge in [-0.05, 0) is 0 Å². The van der Waals surface area contributed by atoms with Gasteiger partial charge in [0.05, 0.1) is 0 Å². The SMILES string of the molecule is O=C(CCC1=C2B=CCN2Cn2cccc21)ON1C(=O)CCC1=O. The van der Waals surface area contributed by atoms with Crippen molar-refractivity contribution < 1.29 is 19.2 Å². The molecule has 0 aromatic carbocycles. The number of amides is 2. The van der Waals surface area contributed by atoms with Crippen molar-refractivity contribution in [1.29, 1.82) is 0 Å². The van der Waals surface area contributed by atoms with Gasteiger partial charge >= 0.3 is 139 Å². The molecule has 1 fully saturated rings. The Hall–Kier alpha value is -2.64. The first-order chi connectivity index (χ1) is 11.6. The number of carbonyl (C=O) groups excluding carboxylic acids is 3. The molecule has 3 aliphatic heterocycles. The van der Waals surface area contributed by atoms with Crippen LogP contribution in [0, 0.1) is 0 Å². The average Bonchev–Trinajstić information content (AvgIpc) is 3.27. The molecule has 0 N–H and O–H groups in total. The van der Waals surface area contributed by atoms with Crippen molar-refractivity contribution in [3.05, 3.63) is 29.6 Å². The van der Waals surface area contributed by atoms with E-state index in [1.807, 2.05) is 18.3 Å². The van der Waals surface area contributed by atoms with Crippen molar-refractivity contribution in [1.82, 2.24) is 14.5 Å². The van der Waals surface area contributed by atoms with Crippen LogP contribution in [0.1, 0.15) is 31.4 Å². The summed E-state index contributed by atoms with van der Waals surface area (Å²) in [5, 5.41) is 0.603. The van der Waals surface area contributed by atoms with Crippen LogP contribution in [0.3, 0.4) is 0 Å². The summed E-state index contributed by atoms with van der Waals surface area (Å²) < 4.78 is 2.14. The third-order valence-electron chi connectivity index (χ3n) is 4.49. The van der Waals surface area contributed by atoms with Gasteiger partial charge < -0.3 is 0 Å². The van der Waals surface area contributed by atoms with E-state index in [1.165, 1.54) is 0 Å². The van der Waals surface area contributed by atoms with Crippen LogP contribution in [0.15, 0.2) is 23.9 Å². The Kier molecular flexibility index (Phi) is 3.59. The predicted molar refractivity (Wildman–Crippen MR) is 86.3 cm³/mol. The van der Waals surface area contributed by atoms with Crippen molar-refractivity contribution in [2.75, 3.05) is 6.54 Å². The molecule has 4 rings (SSSR count). The second kappa shape index (κ2) is 5.77. The van der Waals surface area contributed by atoms with Crippen LogP contribution in [0.4, 0.5) is 0 Å². The molecule has 0 aliphatic carbocycles. The molecule has 1 saturated heterocycles. The van der Waals surface area contributed by atoms with Crippen LogP contribution in [0.5, 0.6) is 0 Å². The van der Waals surface area contributed by atoms with E-state index in [1.54, 1.807) is 0 Å². The molecule has 1 aromatic rings. The zero-order valence-corrected chi connectivity index (χ0v) is 13.1. The first kappa shape index (κ1) is 14.9. The number of hydroxylamine groups is 2. The fourth-order valence-electron chi connectivity index (χ4n) is 3.34. The summed E-state index contributed by atoms with van der Waals surface area (Å²) in [5.74, 6) is 0.629. The van der Waals surface area contributed by atoms with Crippen molar-refractivity contribution in [2.45, 2.75) is 32.4 Å². The first-order valence-corrected chi connectivity index (χ1v) is 8.00. The second-order valence-electron chi connectivity index (χ2n) is 6.04. The molecule has 0 unspecified atom stereocenters. The van der Waals surface area contributed by atoms with Gasteiger partial charge in [-0.1, -0.05) is 0 Å². The van der Waals surface area contributed by atoms with E-state index in [4.69, 9.17) is 4.84 Å². The Morgan fingerprint density at radius 1 is 1.25 bits per heavy atom. The third kappa shape index (κ3) is 2.48. The van der Waals surface area contributed by atoms with Gasteiger partial charge in [0.1, 0.15) is 0 Å². The summed E-state index contributed by atoms with van der Waals surface area (Å²) in [6.07, 6.45) is 2.84. The Morgan fingerprint density at radius 3 is 2.83 bits per heavy atom. The minimum absolute atomic E-state index is 0.106. The maximum absolute atomic E-state index is 12.0. The molecule has 8 heteroatoms. The first-order valence-electron chi connectivity index (χ1n) is 8.00. The number of carbonyl (C=O) groups is 3. The molecule has 0 bridgehead atoms. The molecule has 7 nitrogen and oxygen atoms in total. The monoisotopic (exact) mass is 325 g/mol. The molecular weight excluding hydrogens is 309 g/mol. The van der Waals surface area contributed by atoms with E-state index in [-0.39, 0.29) is 19.3 Å². The van der Waals surface area contributed by atoms with Crippen LogP contribution in [0.25, 0.3) is 5.57 Å². The van der Waals surface area contributed by atoms with Gasteiger partial charge in [-0.15, -0.1) is 0 Å². The van der Waals surface area contributed by atoms with Crippen LogP contribution < -0.4 is 0 Å². The summed E-state index contributed by atoms with van der Waals surface area (Å²) in [4.78, 5) is 42.2. The molecule has 3 aliphatic rings. The zero-order valence-electron chi connectivity index (χ0n) is 13.1. The van der Waals surface area contributed by atoms with Crippen LogP contribution in [-0.4, -0.2) is 51.7 Å². The van der Waals surface area contributed by atoms with Crippen LogP contribution in [0.2, 0.25) is 0 Å². The Bertz CT molecular complexity index is 779. The van der Waals surface area contributed by atoms with Crippen molar-refractivity contribution in [3.8, 4) is 0 Å². The van der Waals surface area contributed by atoms with Crippen molar-refractivity contribution in [2.24, 2.45) is 0 Å². The van der Waals surface area contributed by atoms with E-state index in [0.29, 0.717) is 11.5 Å². The fraction of sp³-hybridized carbons (Fsp3) is 0.375. The molecule has 0 spiro atoms. The number of rotatable bonds is 4. The van der Waals surface area contributed by atoms with E-state index < -0.39 is 17.8 Å². The number of fused-ring (bicyclic) bond motifs is 2. The van der Waals surface area contributed by atoms with Gasteiger partial charge in [0, 0.05) is 0 Å². The summed E-state index contributed by atoms with van der Waals surface area (Å²) in [5.41, 5.74) is 3.30. The summed E-state index contributed by atoms with van der Waals surface area (Å²) in [6.45, 7) is 3.73. The average molecular weight is 325 g/mol. The van der Waals surface area contributed by atoms with Gasteiger partial charge in [-0.25, -0.2) is 0 Å². The molecule has 24 heavy (non-hydrogen) atoms. The number of nitrogens with zero attached hydrogens (tertiary/aromatic N) is 3. The van der Waals surface area contributed by atoms with E-state index in [2.05, 4.69) is 22.4 Å². The maximum atomic E-state index is 12.0. The fourth-order valence-corrected chi connectivity index (χ4v) is 3.34. The minimum atomic E-state index is -0.566. The Labute approximate surface area is 139 Å². The summed E-state index contributed by atoms with van der Waals surface area (Å²) >= 11 is 0. The van der Waals surface area contributed by atoms with Crippen LogP contribution in [-0.2, 0) is 25.9 Å². The Balaban J connectivity index is 1.47. The quantitative estimate of drug-likeness (QED) is 0.590. The number of imide groups is 1. The van der Waals surface area contributed by atoms with Crippen molar-refractivity contribution in [3.63, 3.8) is 0 Å². The molecular formula is C16H16BN3O4. The van der Waals surface area contributed by atoms with Gasteiger partial charge in [-0.2, -0.15) is 0 Å². The van der Waals surface area contributed by atoms with E-state index in [9.17, 15) is 14.4 Å². The Morgan fingerprint density at radius 2 is 2.04 bits per heavy atom. The van der Waals surface area contributed by atoms with Gasteiger partial charge in [0.25, 0.3) is 0 Å². The van der Waals surface area contributed by atoms with E-state index in [0.717, 1.165) is 30.1 Å². The number of aromatic nitrogens is 1. The van der Waals surface area contributed by atoms with Crippen LogP contribution >= 0.6 is 0 Å². The molecule has 0 saturated carbocycles. The van der Waals surface area contributed by atoms with Crippen molar-refractivity contribution >= 4 is 36.2 Å². The van der Waals surface area contributed by atoms with Gasteiger partial charge in [0.2, 0.25) is 0 Å². The standard InChI is InChI=1S/C16H16BN3O4/c21-13-4-5-14(22)20(13)24-15(23)6-3-11-12-2-1-8-18(12)10-19-9-7-17-16(11)19/h1-2,7-8H,3-6,9-10H2. The number of allylic oxidation sites excluding steroid dienone is 1. The molecule has 0 atom stereocenters. The molecule has 4 heterocycles. The topological polar surface area (TPSA) is 71.8 Å². The van der Waals surface area contributed by atoms with Gasteiger partial charge in [0.15, 0.2) is 0 Å². The number of hydrogen-bond acceptors (Lipinski definition) is 5. The molecule has 1 aromatic heterocycles. The molecule has 0 radical (unpaired) electrons. The molecule has 2 amide bonds. The number of hydrogen-bond donors (Lipinski definition) is 0. The normalized spacial score (nSPS) is 18.8. The summed E-state index contributed by atoms with van der Waals surface area (Å²) in [6, 6.07) is 4.02. The zero-order chi connectivity index (χ0) is 16.7. The summed E-state index contributed by atoms with van der Waals surface area (Å²) in [7, 11) is 0. The third-order valence-corrected chi connectivity index (χ3v) is 4.49. The predicted octanol–water partition coefficient (Wildman–Crippen LogP) is 0.337.